The van der Waals surface area contributed by atoms with E-state index < -0.39 is 0 Å². The van der Waals surface area contributed by atoms with Crippen LogP contribution in [0.4, 0.5) is 4.79 Å². The van der Waals surface area contributed by atoms with E-state index in [0.717, 1.165) is 15.6 Å². The second-order valence-corrected chi connectivity index (χ2v) is 5.59. The first kappa shape index (κ1) is 13.1. The van der Waals surface area contributed by atoms with Crippen molar-refractivity contribution in [1.29, 1.82) is 0 Å². The molecule has 1 aromatic carbocycles. The number of aliphatic imine (C=N–C) groups is 1. The Balaban J connectivity index is 2.44. The molecule has 0 spiro atoms. The average Bonchev–Trinajstić information content (AvgIpc) is 2.57. The van der Waals surface area contributed by atoms with Gasteiger partial charge in [0.15, 0.2) is 0 Å². The molecule has 0 radical (unpaired) electrons. The molecule has 0 saturated heterocycles. The third-order valence-corrected chi connectivity index (χ3v) is 3.93. The lowest BCUT2D eigenvalue weighted by Gasteiger charge is -2.28. The van der Waals surface area contributed by atoms with E-state index in [9.17, 15) is 4.79 Å². The molecule has 1 unspecified atom stereocenters. The van der Waals surface area contributed by atoms with Gasteiger partial charge in [-0.2, -0.15) is 4.99 Å². The van der Waals surface area contributed by atoms with E-state index in [2.05, 4.69) is 20.9 Å². The summed E-state index contributed by atoms with van der Waals surface area (Å²) in [6.45, 7) is 5.94. The Kier molecular flexibility index (Phi) is 3.43. The van der Waals surface area contributed by atoms with Crippen LogP contribution in [0.3, 0.4) is 0 Å². The summed E-state index contributed by atoms with van der Waals surface area (Å²) < 4.78 is 1.01. The van der Waals surface area contributed by atoms with Crippen molar-refractivity contribution in [3.8, 4) is 0 Å². The van der Waals surface area contributed by atoms with Crippen LogP contribution in [-0.4, -0.2) is 22.8 Å². The van der Waals surface area contributed by atoms with Crippen LogP contribution in [0.15, 0.2) is 27.7 Å². The molecule has 2 N–H and O–H groups in total. The van der Waals surface area contributed by atoms with Crippen LogP contribution < -0.4 is 5.73 Å². The van der Waals surface area contributed by atoms with Gasteiger partial charge >= 0.3 is 6.03 Å². The molecular formula is C13H16BrN3O. The van der Waals surface area contributed by atoms with Gasteiger partial charge in [-0.05, 0) is 38.0 Å². The molecule has 0 fully saturated rings. The highest BCUT2D eigenvalue weighted by atomic mass is 79.9. The molecule has 2 amide bonds. The third-order valence-electron chi connectivity index (χ3n) is 3.07. The van der Waals surface area contributed by atoms with E-state index in [1.165, 1.54) is 0 Å². The minimum Gasteiger partial charge on any atom is -0.385 e. The second-order valence-electron chi connectivity index (χ2n) is 4.73. The number of aryl methyl sites for hydroxylation is 1. The van der Waals surface area contributed by atoms with Crippen LogP contribution in [0.25, 0.3) is 0 Å². The summed E-state index contributed by atoms with van der Waals surface area (Å²) >= 11 is 3.50. The SMILES string of the molecule is Cc1ccc(C2C(N)=NC(=O)N2C(C)C)cc1Br. The van der Waals surface area contributed by atoms with Crippen molar-refractivity contribution in [2.75, 3.05) is 0 Å². The number of nitrogens with zero attached hydrogens (tertiary/aromatic N) is 2. The lowest BCUT2D eigenvalue weighted by molar-refractivity contribution is 0.190. The van der Waals surface area contributed by atoms with Gasteiger partial charge in [-0.25, -0.2) is 4.79 Å². The molecule has 18 heavy (non-hydrogen) atoms. The van der Waals surface area contributed by atoms with Gasteiger partial charge in [-0.15, -0.1) is 0 Å². The van der Waals surface area contributed by atoms with Gasteiger partial charge in [0.25, 0.3) is 0 Å². The van der Waals surface area contributed by atoms with Gasteiger partial charge in [0.05, 0.1) is 0 Å². The Morgan fingerprint density at radius 1 is 1.44 bits per heavy atom. The molecule has 2 rings (SSSR count). The van der Waals surface area contributed by atoms with Crippen LogP contribution in [0, 0.1) is 6.92 Å². The highest BCUT2D eigenvalue weighted by Crippen LogP contribution is 2.31. The number of halogens is 1. The summed E-state index contributed by atoms with van der Waals surface area (Å²) in [6, 6.07) is 5.54. The van der Waals surface area contributed by atoms with Gasteiger partial charge in [0, 0.05) is 10.5 Å². The van der Waals surface area contributed by atoms with Crippen molar-refractivity contribution in [3.63, 3.8) is 0 Å². The topological polar surface area (TPSA) is 58.7 Å². The zero-order valence-corrected chi connectivity index (χ0v) is 12.2. The summed E-state index contributed by atoms with van der Waals surface area (Å²) in [7, 11) is 0. The Morgan fingerprint density at radius 2 is 2.11 bits per heavy atom. The maximum atomic E-state index is 11.8. The summed E-state index contributed by atoms with van der Waals surface area (Å²) in [5.41, 5.74) is 8.02. The first-order valence-corrected chi connectivity index (χ1v) is 6.63. The van der Waals surface area contributed by atoms with Gasteiger partial charge in [0.2, 0.25) is 0 Å². The highest BCUT2D eigenvalue weighted by molar-refractivity contribution is 9.10. The van der Waals surface area contributed by atoms with Gasteiger partial charge < -0.3 is 10.6 Å². The van der Waals surface area contributed by atoms with Crippen LogP contribution >= 0.6 is 15.9 Å². The Bertz CT molecular complexity index is 525. The zero-order valence-electron chi connectivity index (χ0n) is 10.6. The normalized spacial score (nSPS) is 19.6. The average molecular weight is 310 g/mol. The molecule has 0 aromatic heterocycles. The van der Waals surface area contributed by atoms with Gasteiger partial charge in [-0.3, -0.25) is 0 Å². The van der Waals surface area contributed by atoms with Crippen molar-refractivity contribution in [1.82, 2.24) is 4.90 Å². The number of rotatable bonds is 2. The molecular weight excluding hydrogens is 294 g/mol. The predicted octanol–water partition coefficient (Wildman–Crippen LogP) is 3.00. The Labute approximate surface area is 115 Å². The Morgan fingerprint density at radius 3 is 2.67 bits per heavy atom. The van der Waals surface area contributed by atoms with Gasteiger partial charge in [-0.1, -0.05) is 28.1 Å². The molecule has 1 aromatic rings. The number of hydrogen-bond donors (Lipinski definition) is 1. The molecule has 0 bridgehead atoms. The fourth-order valence-electron chi connectivity index (χ4n) is 2.11. The van der Waals surface area contributed by atoms with Crippen LogP contribution in [0.2, 0.25) is 0 Å². The lowest BCUT2D eigenvalue weighted by atomic mass is 10.0. The first-order chi connectivity index (χ1) is 8.41. The highest BCUT2D eigenvalue weighted by Gasteiger charge is 2.36. The van der Waals surface area contributed by atoms with Crippen molar-refractivity contribution in [2.45, 2.75) is 32.9 Å². The summed E-state index contributed by atoms with van der Waals surface area (Å²) in [6.07, 6.45) is 0. The van der Waals surface area contributed by atoms with Crippen LogP contribution in [0.5, 0.6) is 0 Å². The smallest absolute Gasteiger partial charge is 0.346 e. The number of amidine groups is 1. The molecule has 1 aliphatic heterocycles. The summed E-state index contributed by atoms with van der Waals surface area (Å²) in [4.78, 5) is 17.4. The largest absolute Gasteiger partial charge is 0.385 e. The number of carbonyl (C=O) groups is 1. The van der Waals surface area contributed by atoms with Crippen molar-refractivity contribution >= 4 is 27.8 Å². The van der Waals surface area contributed by atoms with Crippen LogP contribution in [0.1, 0.15) is 31.0 Å². The standard InChI is InChI=1S/C13H16BrN3O/c1-7(2)17-11(12(15)16-13(17)18)9-5-4-8(3)10(14)6-9/h4-7,11H,1-3H3,(H2,15,16,18). The quantitative estimate of drug-likeness (QED) is 0.913. The fraction of sp³-hybridized carbons (Fsp3) is 0.385. The molecule has 0 saturated carbocycles. The molecule has 96 valence electrons. The molecule has 5 heteroatoms. The number of urea groups is 1. The van der Waals surface area contributed by atoms with Crippen molar-refractivity contribution < 1.29 is 4.79 Å². The number of amides is 2. The first-order valence-electron chi connectivity index (χ1n) is 5.84. The number of nitrogens with two attached hydrogens (primary N) is 1. The predicted molar refractivity (Wildman–Crippen MR) is 75.6 cm³/mol. The van der Waals surface area contributed by atoms with E-state index >= 15 is 0 Å². The molecule has 1 atom stereocenters. The minimum absolute atomic E-state index is 0.0624. The lowest BCUT2D eigenvalue weighted by Crippen LogP contribution is -2.38. The van der Waals surface area contributed by atoms with Crippen molar-refractivity contribution in [2.24, 2.45) is 10.7 Å². The monoisotopic (exact) mass is 309 g/mol. The van der Waals surface area contributed by atoms with E-state index in [0.29, 0.717) is 5.84 Å². The second kappa shape index (κ2) is 4.72. The molecule has 0 aliphatic carbocycles. The van der Waals surface area contributed by atoms with Crippen molar-refractivity contribution in [3.05, 3.63) is 33.8 Å². The van der Waals surface area contributed by atoms with E-state index in [1.54, 1.807) is 4.90 Å². The van der Waals surface area contributed by atoms with E-state index in [4.69, 9.17) is 5.73 Å². The molecule has 1 aliphatic rings. The van der Waals surface area contributed by atoms with Crippen LogP contribution in [-0.2, 0) is 0 Å². The molecule has 1 heterocycles. The maximum absolute atomic E-state index is 11.8. The number of carbonyl (C=O) groups excluding carboxylic acids is 1. The summed E-state index contributed by atoms with van der Waals surface area (Å²) in [5.74, 6) is 0.365. The Hall–Kier alpha value is -1.36. The zero-order chi connectivity index (χ0) is 13.4. The number of benzene rings is 1. The number of hydrogen-bond acceptors (Lipinski definition) is 2. The van der Waals surface area contributed by atoms with Gasteiger partial charge in [0.1, 0.15) is 11.9 Å². The maximum Gasteiger partial charge on any atom is 0.346 e. The molecule has 4 nitrogen and oxygen atoms in total. The van der Waals surface area contributed by atoms with E-state index in [1.807, 2.05) is 39.0 Å². The third kappa shape index (κ3) is 2.14. The minimum atomic E-state index is -0.260. The fourth-order valence-corrected chi connectivity index (χ4v) is 2.51. The van der Waals surface area contributed by atoms with E-state index in [-0.39, 0.29) is 18.1 Å². The summed E-state index contributed by atoms with van der Waals surface area (Å²) in [5, 5.41) is 0.